The van der Waals surface area contributed by atoms with Crippen LogP contribution in [0.1, 0.15) is 19.3 Å². The van der Waals surface area contributed by atoms with Crippen LogP contribution in [0.3, 0.4) is 0 Å². The van der Waals surface area contributed by atoms with Gasteiger partial charge in [-0.3, -0.25) is 9.89 Å². The molecule has 0 aromatic rings. The normalized spacial score (nSPS) is 27.0. The van der Waals surface area contributed by atoms with Crippen LogP contribution in [-0.2, 0) is 0 Å². The molecule has 2 fully saturated rings. The van der Waals surface area contributed by atoms with E-state index in [0.29, 0.717) is 31.4 Å². The van der Waals surface area contributed by atoms with Gasteiger partial charge >= 0.3 is 6.18 Å². The molecule has 0 radical (unpaired) electrons. The van der Waals surface area contributed by atoms with Crippen molar-refractivity contribution in [3.8, 4) is 0 Å². The summed E-state index contributed by atoms with van der Waals surface area (Å²) in [5.74, 6) is 1.29. The first kappa shape index (κ1) is 21.8. The number of hydrogen-bond acceptors (Lipinski definition) is 3. The first-order valence-corrected chi connectivity index (χ1v) is 8.30. The van der Waals surface area contributed by atoms with Gasteiger partial charge in [-0.25, -0.2) is 0 Å². The van der Waals surface area contributed by atoms with Crippen LogP contribution in [0.25, 0.3) is 0 Å². The average molecular weight is 463 g/mol. The predicted molar refractivity (Wildman–Crippen MR) is 101 cm³/mol. The zero-order valence-electron chi connectivity index (χ0n) is 14.4. The molecule has 2 atom stereocenters. The van der Waals surface area contributed by atoms with E-state index in [0.717, 1.165) is 19.6 Å². The largest absolute Gasteiger partial charge is 0.401 e. The highest BCUT2D eigenvalue weighted by atomic mass is 127. The van der Waals surface area contributed by atoms with E-state index in [1.165, 1.54) is 17.7 Å². The number of alkyl halides is 3. The van der Waals surface area contributed by atoms with Crippen LogP contribution < -0.4 is 10.6 Å². The van der Waals surface area contributed by atoms with Crippen molar-refractivity contribution < 1.29 is 13.2 Å². The summed E-state index contributed by atoms with van der Waals surface area (Å²) in [6, 6.07) is 0.0255. The van der Waals surface area contributed by atoms with Gasteiger partial charge in [-0.15, -0.1) is 24.0 Å². The Morgan fingerprint density at radius 1 is 1.21 bits per heavy atom. The number of likely N-dealkylation sites (tertiary alicyclic amines) is 2. The van der Waals surface area contributed by atoms with E-state index >= 15 is 0 Å². The second kappa shape index (κ2) is 10.0. The maximum atomic E-state index is 12.4. The fourth-order valence-electron chi connectivity index (χ4n) is 3.42. The minimum Gasteiger partial charge on any atom is -0.356 e. The van der Waals surface area contributed by atoms with E-state index in [1.807, 2.05) is 0 Å². The molecule has 0 bridgehead atoms. The molecule has 0 spiro atoms. The molecule has 2 rings (SSSR count). The quantitative estimate of drug-likeness (QED) is 0.379. The van der Waals surface area contributed by atoms with Gasteiger partial charge in [0, 0.05) is 39.3 Å². The van der Waals surface area contributed by atoms with Crippen LogP contribution in [0.5, 0.6) is 0 Å². The van der Waals surface area contributed by atoms with Crippen molar-refractivity contribution in [3.63, 3.8) is 0 Å². The number of nitrogens with one attached hydrogen (secondary N) is 2. The monoisotopic (exact) mass is 463 g/mol. The standard InChI is InChI=1S/C15H28F3N5.HI/c1-19-14(20-8-12-4-3-6-22(2)9-12)21-13-5-7-23(10-13)11-15(16,17)18;/h12-13H,3-11H2,1-2H3,(H2,19,20,21);1H. The number of aliphatic imine (C=N–C) groups is 1. The molecule has 0 aromatic heterocycles. The van der Waals surface area contributed by atoms with Crippen LogP contribution in [0.4, 0.5) is 13.2 Å². The summed E-state index contributed by atoms with van der Waals surface area (Å²) < 4.78 is 37.3. The fraction of sp³-hybridized carbons (Fsp3) is 0.933. The Bertz CT molecular complexity index is 405. The Balaban J connectivity index is 0.00000288. The number of piperidine rings is 1. The van der Waals surface area contributed by atoms with Gasteiger partial charge in [-0.05, 0) is 38.8 Å². The Kier molecular flexibility index (Phi) is 9.07. The molecule has 2 aliphatic rings. The lowest BCUT2D eigenvalue weighted by Crippen LogP contribution is -2.47. The number of halogens is 4. The maximum Gasteiger partial charge on any atom is 0.401 e. The predicted octanol–water partition coefficient (Wildman–Crippen LogP) is 1.75. The summed E-state index contributed by atoms with van der Waals surface area (Å²) in [5, 5.41) is 6.57. The van der Waals surface area contributed by atoms with Crippen molar-refractivity contribution in [2.24, 2.45) is 10.9 Å². The summed E-state index contributed by atoms with van der Waals surface area (Å²) in [6.07, 6.45) is -0.994. The fourth-order valence-corrected chi connectivity index (χ4v) is 3.42. The molecular formula is C15H29F3IN5. The van der Waals surface area contributed by atoms with Crippen LogP contribution >= 0.6 is 24.0 Å². The average Bonchev–Trinajstić information content (AvgIpc) is 2.88. The number of hydrogen-bond donors (Lipinski definition) is 2. The van der Waals surface area contributed by atoms with Crippen LogP contribution in [0.15, 0.2) is 4.99 Å². The van der Waals surface area contributed by atoms with Crippen LogP contribution in [0, 0.1) is 5.92 Å². The van der Waals surface area contributed by atoms with Gasteiger partial charge in [0.2, 0.25) is 0 Å². The number of nitrogens with zero attached hydrogens (tertiary/aromatic N) is 3. The summed E-state index contributed by atoms with van der Waals surface area (Å²) in [5.41, 5.74) is 0. The second-order valence-electron chi connectivity index (χ2n) is 6.70. The van der Waals surface area contributed by atoms with Crippen LogP contribution in [0.2, 0.25) is 0 Å². The van der Waals surface area contributed by atoms with Gasteiger partial charge < -0.3 is 15.5 Å². The smallest absolute Gasteiger partial charge is 0.356 e. The van der Waals surface area contributed by atoms with Crippen molar-refractivity contribution in [3.05, 3.63) is 0 Å². The lowest BCUT2D eigenvalue weighted by atomic mass is 9.99. The van der Waals surface area contributed by atoms with E-state index < -0.39 is 12.7 Å². The van der Waals surface area contributed by atoms with Crippen molar-refractivity contribution in [1.82, 2.24) is 20.4 Å². The van der Waals surface area contributed by atoms with E-state index in [1.54, 1.807) is 7.05 Å². The lowest BCUT2D eigenvalue weighted by molar-refractivity contribution is -0.143. The van der Waals surface area contributed by atoms with Gasteiger partial charge in [0.15, 0.2) is 5.96 Å². The summed E-state index contributed by atoms with van der Waals surface area (Å²) in [4.78, 5) is 7.97. The number of guanidine groups is 1. The molecule has 24 heavy (non-hydrogen) atoms. The van der Waals surface area contributed by atoms with E-state index in [4.69, 9.17) is 0 Å². The zero-order valence-corrected chi connectivity index (χ0v) is 16.7. The third-order valence-electron chi connectivity index (χ3n) is 4.52. The molecule has 2 heterocycles. The van der Waals surface area contributed by atoms with E-state index in [2.05, 4.69) is 27.6 Å². The SMILES string of the molecule is CN=C(NCC1CCCN(C)C1)NC1CCN(CC(F)(F)F)C1.I. The van der Waals surface area contributed by atoms with Gasteiger partial charge in [0.25, 0.3) is 0 Å². The molecule has 142 valence electrons. The van der Waals surface area contributed by atoms with Gasteiger partial charge in [0.05, 0.1) is 6.54 Å². The Morgan fingerprint density at radius 3 is 2.58 bits per heavy atom. The van der Waals surface area contributed by atoms with E-state index in [-0.39, 0.29) is 30.0 Å². The van der Waals surface area contributed by atoms with Gasteiger partial charge in [-0.2, -0.15) is 13.2 Å². The third-order valence-corrected chi connectivity index (χ3v) is 4.52. The highest BCUT2D eigenvalue weighted by Crippen LogP contribution is 2.20. The minimum atomic E-state index is -4.12. The van der Waals surface area contributed by atoms with E-state index in [9.17, 15) is 13.2 Å². The molecule has 2 N–H and O–H groups in total. The molecule has 0 amide bonds. The van der Waals surface area contributed by atoms with Crippen molar-refractivity contribution in [2.45, 2.75) is 31.5 Å². The topological polar surface area (TPSA) is 42.9 Å². The highest BCUT2D eigenvalue weighted by Gasteiger charge is 2.34. The summed E-state index contributed by atoms with van der Waals surface area (Å²) in [7, 11) is 3.83. The van der Waals surface area contributed by atoms with Gasteiger partial charge in [-0.1, -0.05) is 0 Å². The van der Waals surface area contributed by atoms with Crippen molar-refractivity contribution >= 4 is 29.9 Å². The third kappa shape index (κ3) is 7.73. The number of rotatable bonds is 4. The minimum absolute atomic E-state index is 0. The molecular weight excluding hydrogens is 434 g/mol. The van der Waals surface area contributed by atoms with Crippen molar-refractivity contribution in [2.75, 3.05) is 53.4 Å². The summed E-state index contributed by atoms with van der Waals surface area (Å²) >= 11 is 0. The summed E-state index contributed by atoms with van der Waals surface area (Å²) in [6.45, 7) is 3.13. The first-order chi connectivity index (χ1) is 10.9. The Hall–Kier alpha value is -0.290. The van der Waals surface area contributed by atoms with Gasteiger partial charge in [0.1, 0.15) is 0 Å². The molecule has 0 aromatic carbocycles. The Labute approximate surface area is 159 Å². The molecule has 5 nitrogen and oxygen atoms in total. The second-order valence-corrected chi connectivity index (χ2v) is 6.70. The molecule has 0 saturated carbocycles. The molecule has 2 unspecified atom stereocenters. The van der Waals surface area contributed by atoms with Crippen LogP contribution in [-0.4, -0.2) is 81.3 Å². The zero-order chi connectivity index (χ0) is 16.9. The Morgan fingerprint density at radius 2 is 1.96 bits per heavy atom. The first-order valence-electron chi connectivity index (χ1n) is 8.30. The molecule has 9 heteroatoms. The molecule has 2 aliphatic heterocycles. The lowest BCUT2D eigenvalue weighted by Gasteiger charge is -2.30. The molecule has 2 saturated heterocycles. The van der Waals surface area contributed by atoms with Crippen molar-refractivity contribution in [1.29, 1.82) is 0 Å². The molecule has 0 aliphatic carbocycles. The highest BCUT2D eigenvalue weighted by molar-refractivity contribution is 14.0. The maximum absolute atomic E-state index is 12.4.